The van der Waals surface area contributed by atoms with Crippen LogP contribution in [0.5, 0.6) is 0 Å². The maximum atomic E-state index is 13.3. The first-order chi connectivity index (χ1) is 12.3. The molecule has 1 saturated heterocycles. The molecule has 1 aliphatic heterocycles. The van der Waals surface area contributed by atoms with E-state index in [2.05, 4.69) is 16.0 Å². The van der Waals surface area contributed by atoms with Crippen LogP contribution in [-0.2, 0) is 9.59 Å². The number of halogens is 4. The third-order valence-corrected chi connectivity index (χ3v) is 5.10. The van der Waals surface area contributed by atoms with Crippen molar-refractivity contribution >= 4 is 35.6 Å². The molecule has 0 aliphatic carbocycles. The highest BCUT2D eigenvalue weighted by atomic mass is 35.5. The highest BCUT2D eigenvalue weighted by molar-refractivity contribution is 7.10. The van der Waals surface area contributed by atoms with E-state index in [0.29, 0.717) is 13.1 Å². The molecule has 11 heteroatoms. The predicted molar refractivity (Wildman–Crippen MR) is 100 cm³/mol. The maximum Gasteiger partial charge on any atom is 0.405 e. The summed E-state index contributed by atoms with van der Waals surface area (Å²) in [6.45, 7) is 2.38. The number of alkyl halides is 3. The van der Waals surface area contributed by atoms with E-state index in [0.717, 1.165) is 4.88 Å². The van der Waals surface area contributed by atoms with Gasteiger partial charge in [0.15, 0.2) is 0 Å². The van der Waals surface area contributed by atoms with Crippen LogP contribution in [0.15, 0.2) is 17.5 Å². The average Bonchev–Trinajstić information content (AvgIpc) is 3.08. The quantitative estimate of drug-likeness (QED) is 0.618. The van der Waals surface area contributed by atoms with E-state index >= 15 is 0 Å². The van der Waals surface area contributed by atoms with Gasteiger partial charge in [-0.2, -0.15) is 13.2 Å². The van der Waals surface area contributed by atoms with Gasteiger partial charge < -0.3 is 16.0 Å². The van der Waals surface area contributed by atoms with E-state index in [1.54, 1.807) is 12.1 Å². The van der Waals surface area contributed by atoms with E-state index in [-0.39, 0.29) is 37.8 Å². The molecule has 0 saturated carbocycles. The lowest BCUT2D eigenvalue weighted by atomic mass is 10.1. The van der Waals surface area contributed by atoms with Crippen LogP contribution in [0.25, 0.3) is 0 Å². The number of nitrogens with one attached hydrogen (secondary N) is 3. The zero-order chi connectivity index (χ0) is 19.2. The third kappa shape index (κ3) is 7.65. The van der Waals surface area contributed by atoms with Crippen molar-refractivity contribution in [1.82, 2.24) is 20.9 Å². The number of nitrogens with zero attached hydrogens (tertiary/aromatic N) is 1. The zero-order valence-electron chi connectivity index (χ0n) is 14.8. The van der Waals surface area contributed by atoms with E-state index in [4.69, 9.17) is 0 Å². The molecular weight excluding hydrogens is 405 g/mol. The molecule has 1 aromatic rings. The third-order valence-electron chi connectivity index (χ3n) is 4.12. The summed E-state index contributed by atoms with van der Waals surface area (Å²) in [5.41, 5.74) is 0. The summed E-state index contributed by atoms with van der Waals surface area (Å²) in [6, 6.07) is 1.31. The van der Waals surface area contributed by atoms with E-state index < -0.39 is 30.7 Å². The number of rotatable bonds is 7. The summed E-state index contributed by atoms with van der Waals surface area (Å²) in [5, 5.41) is 9.87. The molecule has 1 aromatic heterocycles. The van der Waals surface area contributed by atoms with Crippen molar-refractivity contribution in [3.63, 3.8) is 0 Å². The summed E-state index contributed by atoms with van der Waals surface area (Å²) in [5.74, 6) is -0.827. The molecule has 1 aliphatic rings. The van der Waals surface area contributed by atoms with Crippen molar-refractivity contribution in [2.24, 2.45) is 0 Å². The Hall–Kier alpha value is -1.36. The lowest BCUT2D eigenvalue weighted by Gasteiger charge is -2.36. The SMILES string of the molecule is CC(=O)NC(CC(=O)NCC(N1CCNCC1)C(F)(F)F)c1cccs1.Cl. The van der Waals surface area contributed by atoms with E-state index in [1.807, 2.05) is 5.38 Å². The molecule has 2 heterocycles. The van der Waals surface area contributed by atoms with Crippen LogP contribution in [-0.4, -0.2) is 61.7 Å². The van der Waals surface area contributed by atoms with Gasteiger partial charge in [-0.05, 0) is 11.4 Å². The van der Waals surface area contributed by atoms with Crippen LogP contribution in [0.3, 0.4) is 0 Å². The summed E-state index contributed by atoms with van der Waals surface area (Å²) in [4.78, 5) is 25.6. The number of thiophene rings is 1. The second-order valence-corrected chi connectivity index (χ2v) is 7.10. The normalized spacial score (nSPS) is 17.5. The minimum absolute atomic E-state index is 0. The van der Waals surface area contributed by atoms with Crippen molar-refractivity contribution < 1.29 is 22.8 Å². The molecule has 2 rings (SSSR count). The van der Waals surface area contributed by atoms with Crippen molar-refractivity contribution in [3.8, 4) is 0 Å². The highest BCUT2D eigenvalue weighted by Gasteiger charge is 2.43. The van der Waals surface area contributed by atoms with E-state index in [1.165, 1.54) is 23.2 Å². The molecule has 3 N–H and O–H groups in total. The molecule has 154 valence electrons. The Labute approximate surface area is 166 Å². The maximum absolute atomic E-state index is 13.3. The van der Waals surface area contributed by atoms with Gasteiger partial charge in [-0.3, -0.25) is 14.5 Å². The molecule has 2 amide bonds. The molecule has 0 spiro atoms. The number of hydrogen-bond donors (Lipinski definition) is 3. The number of carbonyl (C=O) groups is 2. The number of hydrogen-bond acceptors (Lipinski definition) is 5. The second-order valence-electron chi connectivity index (χ2n) is 6.12. The Morgan fingerprint density at radius 1 is 1.33 bits per heavy atom. The number of carbonyl (C=O) groups excluding carboxylic acids is 2. The molecule has 2 unspecified atom stereocenters. The smallest absolute Gasteiger partial charge is 0.354 e. The van der Waals surface area contributed by atoms with Crippen molar-refractivity contribution in [3.05, 3.63) is 22.4 Å². The van der Waals surface area contributed by atoms with Gasteiger partial charge in [0.1, 0.15) is 6.04 Å². The van der Waals surface area contributed by atoms with Crippen LogP contribution in [0, 0.1) is 0 Å². The van der Waals surface area contributed by atoms with Crippen LogP contribution < -0.4 is 16.0 Å². The zero-order valence-corrected chi connectivity index (χ0v) is 16.5. The Morgan fingerprint density at radius 3 is 2.52 bits per heavy atom. The fraction of sp³-hybridized carbons (Fsp3) is 0.625. The fourth-order valence-electron chi connectivity index (χ4n) is 2.87. The predicted octanol–water partition coefficient (Wildman–Crippen LogP) is 1.69. The standard InChI is InChI=1S/C16H23F3N4O2S.ClH/c1-11(24)22-12(13-3-2-8-26-13)9-15(25)21-10-14(16(17,18)19)23-6-4-20-5-7-23;/h2-3,8,12,14,20H,4-7,9-10H2,1H3,(H,21,25)(H,22,24);1H. The van der Waals surface area contributed by atoms with Gasteiger partial charge in [-0.15, -0.1) is 23.7 Å². The Morgan fingerprint density at radius 2 is 2.00 bits per heavy atom. The Bertz CT molecular complexity index is 595. The molecule has 2 atom stereocenters. The molecule has 6 nitrogen and oxygen atoms in total. The topological polar surface area (TPSA) is 73.5 Å². The lowest BCUT2D eigenvalue weighted by molar-refractivity contribution is -0.184. The average molecular weight is 429 g/mol. The van der Waals surface area contributed by atoms with Gasteiger partial charge in [-0.25, -0.2) is 0 Å². The summed E-state index contributed by atoms with van der Waals surface area (Å²) < 4.78 is 40.0. The summed E-state index contributed by atoms with van der Waals surface area (Å²) in [7, 11) is 0. The monoisotopic (exact) mass is 428 g/mol. The van der Waals surface area contributed by atoms with Crippen LogP contribution >= 0.6 is 23.7 Å². The van der Waals surface area contributed by atoms with Crippen LogP contribution in [0.4, 0.5) is 13.2 Å². The van der Waals surface area contributed by atoms with E-state index in [9.17, 15) is 22.8 Å². The minimum atomic E-state index is -4.42. The summed E-state index contributed by atoms with van der Waals surface area (Å²) >= 11 is 1.38. The first kappa shape index (κ1) is 23.7. The van der Waals surface area contributed by atoms with Crippen LogP contribution in [0.1, 0.15) is 24.3 Å². The van der Waals surface area contributed by atoms with Gasteiger partial charge in [0.25, 0.3) is 0 Å². The molecule has 0 bridgehead atoms. The van der Waals surface area contributed by atoms with Crippen molar-refractivity contribution in [1.29, 1.82) is 0 Å². The number of amides is 2. The fourth-order valence-corrected chi connectivity index (χ4v) is 3.65. The van der Waals surface area contributed by atoms with Crippen molar-refractivity contribution in [2.45, 2.75) is 31.6 Å². The Kier molecular flexibility index (Phi) is 9.51. The van der Waals surface area contributed by atoms with Gasteiger partial charge in [0.05, 0.1) is 12.5 Å². The Balaban J connectivity index is 0.00000364. The highest BCUT2D eigenvalue weighted by Crippen LogP contribution is 2.25. The van der Waals surface area contributed by atoms with Crippen molar-refractivity contribution in [2.75, 3.05) is 32.7 Å². The molecular formula is C16H24ClF3N4O2S. The first-order valence-electron chi connectivity index (χ1n) is 8.36. The summed E-state index contributed by atoms with van der Waals surface area (Å²) in [6.07, 6.45) is -4.53. The first-order valence-corrected chi connectivity index (χ1v) is 9.24. The molecule has 1 fully saturated rings. The minimum Gasteiger partial charge on any atom is -0.354 e. The van der Waals surface area contributed by atoms with Gasteiger partial charge in [-0.1, -0.05) is 6.07 Å². The van der Waals surface area contributed by atoms with Gasteiger partial charge in [0, 0.05) is 44.5 Å². The van der Waals surface area contributed by atoms with Gasteiger partial charge >= 0.3 is 6.18 Å². The molecule has 0 radical (unpaired) electrons. The van der Waals surface area contributed by atoms with Crippen LogP contribution in [0.2, 0.25) is 0 Å². The number of piperazine rings is 1. The molecule has 0 aromatic carbocycles. The lowest BCUT2D eigenvalue weighted by Crippen LogP contribution is -2.57. The molecule has 27 heavy (non-hydrogen) atoms. The van der Waals surface area contributed by atoms with Gasteiger partial charge in [0.2, 0.25) is 11.8 Å². The largest absolute Gasteiger partial charge is 0.405 e. The second kappa shape index (κ2) is 10.8.